The highest BCUT2D eigenvalue weighted by molar-refractivity contribution is 6.31. The summed E-state index contributed by atoms with van der Waals surface area (Å²) in [6.45, 7) is 1.76. The summed E-state index contributed by atoms with van der Waals surface area (Å²) < 4.78 is 1.47. The molecule has 1 amide bonds. The molecule has 0 aliphatic rings. The number of nitrogens with zero attached hydrogens (tertiary/aromatic N) is 2. The van der Waals surface area contributed by atoms with Crippen molar-refractivity contribution in [2.24, 2.45) is 7.05 Å². The molecule has 0 aliphatic heterocycles. The van der Waals surface area contributed by atoms with Crippen molar-refractivity contribution < 1.29 is 14.7 Å². The molecule has 0 bridgehead atoms. The van der Waals surface area contributed by atoms with Crippen LogP contribution < -0.4 is 5.32 Å². The lowest BCUT2D eigenvalue weighted by molar-refractivity contribution is -0.139. The molecule has 0 radical (unpaired) electrons. The first kappa shape index (κ1) is 15.1. The number of amides is 1. The van der Waals surface area contributed by atoms with Gasteiger partial charge in [0.2, 0.25) is 0 Å². The molecular weight excluding hydrogens is 294 g/mol. The van der Waals surface area contributed by atoms with Crippen LogP contribution in [0.3, 0.4) is 0 Å². The number of nitrogens with one attached hydrogen (secondary N) is 1. The van der Waals surface area contributed by atoms with Crippen LogP contribution >= 0.6 is 11.6 Å². The SMILES string of the molecule is Cc1ccc(Cl)cc1C(=O)NC(C(=O)O)c1cnn(C)c1. The molecule has 7 heteroatoms. The number of carbonyl (C=O) groups excluding carboxylic acids is 1. The summed E-state index contributed by atoms with van der Waals surface area (Å²) in [5.74, 6) is -1.65. The van der Waals surface area contributed by atoms with E-state index in [-0.39, 0.29) is 0 Å². The number of hydrogen-bond acceptors (Lipinski definition) is 3. The summed E-state index contributed by atoms with van der Waals surface area (Å²) >= 11 is 5.87. The van der Waals surface area contributed by atoms with Gasteiger partial charge in [0.15, 0.2) is 6.04 Å². The van der Waals surface area contributed by atoms with Crippen LogP contribution in [0, 0.1) is 6.92 Å². The normalized spacial score (nSPS) is 12.0. The number of aromatic nitrogens is 2. The van der Waals surface area contributed by atoms with Gasteiger partial charge in [-0.05, 0) is 24.6 Å². The van der Waals surface area contributed by atoms with Crippen molar-refractivity contribution in [3.63, 3.8) is 0 Å². The molecule has 1 aromatic heterocycles. The van der Waals surface area contributed by atoms with E-state index in [0.29, 0.717) is 21.7 Å². The van der Waals surface area contributed by atoms with Gasteiger partial charge in [-0.2, -0.15) is 5.10 Å². The number of benzene rings is 1. The lowest BCUT2D eigenvalue weighted by Crippen LogP contribution is -2.34. The molecule has 2 rings (SSSR count). The first-order chi connectivity index (χ1) is 9.88. The zero-order valence-corrected chi connectivity index (χ0v) is 12.3. The van der Waals surface area contributed by atoms with Crippen molar-refractivity contribution in [2.75, 3.05) is 0 Å². The van der Waals surface area contributed by atoms with E-state index in [1.165, 1.54) is 16.9 Å². The Hall–Kier alpha value is -2.34. The Balaban J connectivity index is 2.27. The van der Waals surface area contributed by atoms with E-state index in [1.54, 1.807) is 32.3 Å². The van der Waals surface area contributed by atoms with Gasteiger partial charge in [0.25, 0.3) is 5.91 Å². The Bertz CT molecular complexity index is 697. The Labute approximate surface area is 126 Å². The van der Waals surface area contributed by atoms with Crippen molar-refractivity contribution in [1.82, 2.24) is 15.1 Å². The van der Waals surface area contributed by atoms with E-state index >= 15 is 0 Å². The molecule has 0 spiro atoms. The van der Waals surface area contributed by atoms with Crippen molar-refractivity contribution in [3.05, 3.63) is 52.3 Å². The van der Waals surface area contributed by atoms with Crippen molar-refractivity contribution in [2.45, 2.75) is 13.0 Å². The molecular formula is C14H14ClN3O3. The number of hydrogen-bond donors (Lipinski definition) is 2. The maximum Gasteiger partial charge on any atom is 0.331 e. The molecule has 1 atom stereocenters. The quantitative estimate of drug-likeness (QED) is 0.904. The highest BCUT2D eigenvalue weighted by Crippen LogP contribution is 2.18. The van der Waals surface area contributed by atoms with Crippen LogP contribution in [0.15, 0.2) is 30.6 Å². The zero-order valence-electron chi connectivity index (χ0n) is 11.5. The van der Waals surface area contributed by atoms with Crippen molar-refractivity contribution in [1.29, 1.82) is 0 Å². The van der Waals surface area contributed by atoms with Crippen molar-refractivity contribution >= 4 is 23.5 Å². The standard InChI is InChI=1S/C14H14ClN3O3/c1-8-3-4-10(15)5-11(8)13(19)17-12(14(20)21)9-6-16-18(2)7-9/h3-7,12H,1-2H3,(H,17,19)(H,20,21). The van der Waals surface area contributed by atoms with E-state index in [4.69, 9.17) is 11.6 Å². The minimum atomic E-state index is -1.16. The fourth-order valence-corrected chi connectivity index (χ4v) is 2.10. The average Bonchev–Trinajstić information content (AvgIpc) is 2.84. The third-order valence-electron chi connectivity index (χ3n) is 3.02. The lowest BCUT2D eigenvalue weighted by atomic mass is 10.1. The topological polar surface area (TPSA) is 84.2 Å². The fraction of sp³-hybridized carbons (Fsp3) is 0.214. The Morgan fingerprint density at radius 2 is 2.14 bits per heavy atom. The van der Waals surface area contributed by atoms with E-state index in [1.807, 2.05) is 0 Å². The summed E-state index contributed by atoms with van der Waals surface area (Å²) in [6, 6.07) is 3.72. The van der Waals surface area contributed by atoms with Gasteiger partial charge in [-0.25, -0.2) is 4.79 Å². The van der Waals surface area contributed by atoms with Crippen LogP contribution in [-0.2, 0) is 11.8 Å². The van der Waals surface area contributed by atoms with Crippen molar-refractivity contribution in [3.8, 4) is 0 Å². The van der Waals surface area contributed by atoms with Gasteiger partial charge < -0.3 is 10.4 Å². The molecule has 0 aliphatic carbocycles. The third kappa shape index (κ3) is 3.41. The van der Waals surface area contributed by atoms with Gasteiger partial charge in [-0.1, -0.05) is 17.7 Å². The molecule has 2 N–H and O–H groups in total. The second kappa shape index (κ2) is 5.97. The number of aryl methyl sites for hydroxylation is 2. The van der Waals surface area contributed by atoms with E-state index in [0.717, 1.165) is 0 Å². The summed E-state index contributed by atoms with van der Waals surface area (Å²) in [4.78, 5) is 23.6. The maximum atomic E-state index is 12.3. The molecule has 0 fully saturated rings. The minimum Gasteiger partial charge on any atom is -0.479 e. The van der Waals surface area contributed by atoms with E-state index < -0.39 is 17.9 Å². The minimum absolute atomic E-state index is 0.345. The van der Waals surface area contributed by atoms with Crippen LogP contribution in [0.4, 0.5) is 0 Å². The van der Waals surface area contributed by atoms with E-state index in [2.05, 4.69) is 10.4 Å². The number of aliphatic carboxylic acids is 1. The van der Waals surface area contributed by atoms with Gasteiger partial charge in [0.05, 0.1) is 6.20 Å². The van der Waals surface area contributed by atoms with Gasteiger partial charge in [-0.3, -0.25) is 9.48 Å². The lowest BCUT2D eigenvalue weighted by Gasteiger charge is -2.14. The molecule has 0 saturated carbocycles. The highest BCUT2D eigenvalue weighted by atomic mass is 35.5. The van der Waals surface area contributed by atoms with Gasteiger partial charge in [0, 0.05) is 29.4 Å². The van der Waals surface area contributed by atoms with Crippen LogP contribution in [-0.4, -0.2) is 26.8 Å². The predicted octanol–water partition coefficient (Wildman–Crippen LogP) is 1.94. The first-order valence-electron chi connectivity index (χ1n) is 6.17. The Morgan fingerprint density at radius 3 is 2.71 bits per heavy atom. The smallest absolute Gasteiger partial charge is 0.331 e. The maximum absolute atomic E-state index is 12.3. The van der Waals surface area contributed by atoms with Crippen LogP contribution in [0.25, 0.3) is 0 Å². The Kier molecular flexibility index (Phi) is 4.28. The van der Waals surface area contributed by atoms with Gasteiger partial charge in [-0.15, -0.1) is 0 Å². The molecule has 1 unspecified atom stereocenters. The fourth-order valence-electron chi connectivity index (χ4n) is 1.92. The molecule has 6 nitrogen and oxygen atoms in total. The van der Waals surface area contributed by atoms with Crippen LogP contribution in [0.5, 0.6) is 0 Å². The molecule has 110 valence electrons. The number of halogens is 1. The zero-order chi connectivity index (χ0) is 15.6. The van der Waals surface area contributed by atoms with Crippen LogP contribution in [0.1, 0.15) is 27.5 Å². The summed E-state index contributed by atoms with van der Waals surface area (Å²) in [7, 11) is 1.67. The molecule has 21 heavy (non-hydrogen) atoms. The predicted molar refractivity (Wildman–Crippen MR) is 77.2 cm³/mol. The van der Waals surface area contributed by atoms with Gasteiger partial charge in [0.1, 0.15) is 0 Å². The van der Waals surface area contributed by atoms with Gasteiger partial charge >= 0.3 is 5.97 Å². The third-order valence-corrected chi connectivity index (χ3v) is 3.26. The van der Waals surface area contributed by atoms with Crippen LogP contribution in [0.2, 0.25) is 5.02 Å². The number of carbonyl (C=O) groups is 2. The second-order valence-electron chi connectivity index (χ2n) is 4.65. The number of rotatable bonds is 4. The second-order valence-corrected chi connectivity index (χ2v) is 5.09. The first-order valence-corrected chi connectivity index (χ1v) is 6.54. The summed E-state index contributed by atoms with van der Waals surface area (Å²) in [5.41, 5.74) is 1.46. The average molecular weight is 308 g/mol. The molecule has 0 saturated heterocycles. The molecule has 1 heterocycles. The highest BCUT2D eigenvalue weighted by Gasteiger charge is 2.24. The molecule has 1 aromatic carbocycles. The largest absolute Gasteiger partial charge is 0.479 e. The van der Waals surface area contributed by atoms with E-state index in [9.17, 15) is 14.7 Å². The number of carboxylic acids is 1. The molecule has 2 aromatic rings. The number of carboxylic acid groups (broad SMARTS) is 1. The monoisotopic (exact) mass is 307 g/mol. The summed E-state index contributed by atoms with van der Waals surface area (Å²) in [5, 5.41) is 16.1. The Morgan fingerprint density at radius 1 is 1.43 bits per heavy atom. The summed E-state index contributed by atoms with van der Waals surface area (Å²) in [6.07, 6.45) is 2.95.